The summed E-state index contributed by atoms with van der Waals surface area (Å²) in [4.78, 5) is 11.3. The number of aromatic nitrogens is 2. The minimum atomic E-state index is 0.705. The molecule has 0 saturated heterocycles. The van der Waals surface area contributed by atoms with Crippen LogP contribution < -0.4 is 0 Å². The first-order valence-electron chi connectivity index (χ1n) is 20.2. The third kappa shape index (κ3) is 5.84. The molecule has 3 aromatic heterocycles. The molecule has 0 aliphatic carbocycles. The average Bonchev–Trinajstić information content (AvgIpc) is 3.90. The van der Waals surface area contributed by atoms with Crippen molar-refractivity contribution in [2.24, 2.45) is 0 Å². The molecule has 0 saturated carbocycles. The number of fused-ring (bicyclic) bond motifs is 7. The van der Waals surface area contributed by atoms with E-state index in [1.807, 2.05) is 22.7 Å². The van der Waals surface area contributed by atoms with E-state index in [-0.39, 0.29) is 0 Å². The van der Waals surface area contributed by atoms with Crippen LogP contribution in [-0.4, -0.2) is 9.97 Å². The predicted octanol–water partition coefficient (Wildman–Crippen LogP) is 16.4. The van der Waals surface area contributed by atoms with Gasteiger partial charge in [-0.3, -0.25) is 0 Å². The lowest BCUT2D eigenvalue weighted by atomic mass is 9.90. The zero-order valence-corrected chi connectivity index (χ0v) is 34.0. The quantitative estimate of drug-likeness (QED) is 0.167. The molecular weight excluding hydrogens is 765 g/mol. The second-order valence-electron chi connectivity index (χ2n) is 15.3. The second kappa shape index (κ2) is 14.2. The van der Waals surface area contributed by atoms with Crippen LogP contribution >= 0.6 is 22.7 Å². The molecule has 3 heterocycles. The van der Waals surface area contributed by atoms with Gasteiger partial charge in [0.1, 0.15) is 0 Å². The molecule has 0 spiro atoms. The monoisotopic (exact) mass is 798 g/mol. The first-order chi connectivity index (χ1) is 29.7. The molecule has 9 aromatic carbocycles. The molecule has 0 radical (unpaired) electrons. The Morgan fingerprint density at radius 1 is 0.300 bits per heavy atom. The van der Waals surface area contributed by atoms with Crippen molar-refractivity contribution in [1.29, 1.82) is 0 Å². The van der Waals surface area contributed by atoms with E-state index in [0.717, 1.165) is 50.0 Å². The van der Waals surface area contributed by atoms with Gasteiger partial charge in [-0.1, -0.05) is 176 Å². The summed E-state index contributed by atoms with van der Waals surface area (Å²) in [6, 6.07) is 74.4. The molecule has 280 valence electrons. The Morgan fingerprint density at radius 3 is 1.42 bits per heavy atom. The maximum Gasteiger partial charge on any atom is 0.161 e. The Hall–Kier alpha value is -7.24. The second-order valence-corrected chi connectivity index (χ2v) is 17.4. The lowest BCUT2D eigenvalue weighted by molar-refractivity contribution is 1.19. The number of rotatable bonds is 6. The summed E-state index contributed by atoms with van der Waals surface area (Å²) in [5, 5.41) is 7.29. The molecule has 0 N–H and O–H groups in total. The average molecular weight is 799 g/mol. The summed E-state index contributed by atoms with van der Waals surface area (Å²) >= 11 is 3.67. The molecule has 0 amide bonds. The maximum atomic E-state index is 5.64. The van der Waals surface area contributed by atoms with Gasteiger partial charge in [0.2, 0.25) is 0 Å². The summed E-state index contributed by atoms with van der Waals surface area (Å²) in [5.74, 6) is 0.705. The van der Waals surface area contributed by atoms with Crippen molar-refractivity contribution in [3.63, 3.8) is 0 Å². The molecular formula is C56H34N2S2. The summed E-state index contributed by atoms with van der Waals surface area (Å²) in [5.41, 5.74) is 12.0. The van der Waals surface area contributed by atoms with Gasteiger partial charge in [-0.05, 0) is 74.5 Å². The van der Waals surface area contributed by atoms with Gasteiger partial charge in [0, 0.05) is 57.0 Å². The minimum absolute atomic E-state index is 0.705. The normalized spacial score (nSPS) is 11.7. The molecule has 0 bridgehead atoms. The highest BCUT2D eigenvalue weighted by molar-refractivity contribution is 7.26. The van der Waals surface area contributed by atoms with Crippen molar-refractivity contribution >= 4 is 73.8 Å². The Labute approximate surface area is 355 Å². The maximum absolute atomic E-state index is 5.64. The number of hydrogen-bond donors (Lipinski definition) is 0. The van der Waals surface area contributed by atoms with Gasteiger partial charge in [0.15, 0.2) is 5.82 Å². The highest BCUT2D eigenvalue weighted by atomic mass is 32.1. The van der Waals surface area contributed by atoms with E-state index < -0.39 is 0 Å². The Bertz CT molecular complexity index is 3470. The fourth-order valence-electron chi connectivity index (χ4n) is 8.85. The van der Waals surface area contributed by atoms with Crippen molar-refractivity contribution in [3.05, 3.63) is 206 Å². The van der Waals surface area contributed by atoms with Gasteiger partial charge in [-0.2, -0.15) is 0 Å². The number of thiophene rings is 2. The van der Waals surface area contributed by atoms with Crippen LogP contribution in [0.15, 0.2) is 206 Å². The van der Waals surface area contributed by atoms with Crippen LogP contribution in [0.4, 0.5) is 0 Å². The predicted molar refractivity (Wildman–Crippen MR) is 258 cm³/mol. The fourth-order valence-corrected chi connectivity index (χ4v) is 11.3. The molecule has 0 fully saturated rings. The van der Waals surface area contributed by atoms with E-state index in [9.17, 15) is 0 Å². The van der Waals surface area contributed by atoms with E-state index >= 15 is 0 Å². The van der Waals surface area contributed by atoms with Gasteiger partial charge in [-0.15, -0.1) is 22.7 Å². The summed E-state index contributed by atoms with van der Waals surface area (Å²) in [6.45, 7) is 0. The Morgan fingerprint density at radius 2 is 0.800 bits per heavy atom. The molecule has 0 aliphatic rings. The van der Waals surface area contributed by atoms with E-state index in [1.54, 1.807) is 0 Å². The van der Waals surface area contributed by atoms with E-state index in [4.69, 9.17) is 9.97 Å². The molecule has 2 nitrogen and oxygen atoms in total. The largest absolute Gasteiger partial charge is 0.228 e. The van der Waals surface area contributed by atoms with E-state index in [2.05, 4.69) is 206 Å². The van der Waals surface area contributed by atoms with Gasteiger partial charge in [-0.25, -0.2) is 9.97 Å². The van der Waals surface area contributed by atoms with E-state index in [0.29, 0.717) is 5.82 Å². The van der Waals surface area contributed by atoms with Crippen molar-refractivity contribution in [2.75, 3.05) is 0 Å². The SMILES string of the molecule is c1ccc(-c2cccc(-c3ccc4cc(-c5ccccc5)ccc4c3-c3nc(-c4cccc5c4sc4ccccc45)cc(-c4cccc5c4sc4ccccc45)n3)c2)cc1. The topological polar surface area (TPSA) is 25.8 Å². The van der Waals surface area contributed by atoms with Gasteiger partial charge in [0.25, 0.3) is 0 Å². The van der Waals surface area contributed by atoms with Crippen LogP contribution in [0, 0.1) is 0 Å². The standard InChI is InChI=1S/C56H34N2S2/c1-3-14-35(15-4-1)37-18-11-19-39(32-37)41-31-29-40-33-38(36-16-5-2-6-17-36)28-30-42(40)53(41)56-57-49(47-24-12-22-45-43-20-7-9-26-51(43)59-54(45)47)34-50(58-56)48-25-13-23-46-44-21-8-10-27-52(44)60-55(46)48/h1-34H. The third-order valence-corrected chi connectivity index (χ3v) is 14.2. The van der Waals surface area contributed by atoms with Crippen molar-refractivity contribution in [1.82, 2.24) is 9.97 Å². The smallest absolute Gasteiger partial charge is 0.161 e. The van der Waals surface area contributed by atoms with Crippen LogP contribution in [0.1, 0.15) is 0 Å². The third-order valence-electron chi connectivity index (χ3n) is 11.7. The zero-order valence-electron chi connectivity index (χ0n) is 32.3. The van der Waals surface area contributed by atoms with Crippen molar-refractivity contribution in [2.45, 2.75) is 0 Å². The van der Waals surface area contributed by atoms with Crippen LogP contribution in [0.3, 0.4) is 0 Å². The molecule has 12 aromatic rings. The highest BCUT2D eigenvalue weighted by Gasteiger charge is 2.21. The first kappa shape index (κ1) is 34.8. The van der Waals surface area contributed by atoms with Crippen molar-refractivity contribution in [3.8, 4) is 67.3 Å². The first-order valence-corrected chi connectivity index (χ1v) is 21.9. The summed E-state index contributed by atoms with van der Waals surface area (Å²) < 4.78 is 5.01. The Balaban J connectivity index is 1.16. The minimum Gasteiger partial charge on any atom is -0.228 e. The highest BCUT2D eigenvalue weighted by Crippen LogP contribution is 2.45. The lowest BCUT2D eigenvalue weighted by Gasteiger charge is -2.17. The summed E-state index contributed by atoms with van der Waals surface area (Å²) in [6.07, 6.45) is 0. The molecule has 0 unspecified atom stereocenters. The molecule has 4 heteroatoms. The van der Waals surface area contributed by atoms with Crippen LogP contribution in [-0.2, 0) is 0 Å². The number of hydrogen-bond acceptors (Lipinski definition) is 4. The van der Waals surface area contributed by atoms with Crippen LogP contribution in [0.25, 0.3) is 118 Å². The zero-order chi connectivity index (χ0) is 39.6. The van der Waals surface area contributed by atoms with Gasteiger partial charge in [0.05, 0.1) is 11.4 Å². The molecule has 60 heavy (non-hydrogen) atoms. The van der Waals surface area contributed by atoms with E-state index in [1.165, 1.54) is 62.6 Å². The molecule has 0 aliphatic heterocycles. The van der Waals surface area contributed by atoms with Gasteiger partial charge >= 0.3 is 0 Å². The fraction of sp³-hybridized carbons (Fsp3) is 0. The van der Waals surface area contributed by atoms with Gasteiger partial charge < -0.3 is 0 Å². The molecule has 0 atom stereocenters. The van der Waals surface area contributed by atoms with Crippen molar-refractivity contribution < 1.29 is 0 Å². The molecule has 12 rings (SSSR count). The number of nitrogens with zero attached hydrogens (tertiary/aromatic N) is 2. The van der Waals surface area contributed by atoms with Crippen LogP contribution in [0.2, 0.25) is 0 Å². The Kier molecular flexibility index (Phi) is 8.25. The summed E-state index contributed by atoms with van der Waals surface area (Å²) in [7, 11) is 0. The number of benzene rings is 9. The van der Waals surface area contributed by atoms with Crippen LogP contribution in [0.5, 0.6) is 0 Å². The lowest BCUT2D eigenvalue weighted by Crippen LogP contribution is -1.99.